The standard InChI is InChI=1S/C26H22N2O6S/c1-3-34-17-12-14-18(15-13-17)35(31,32)28-23-16-24(25(29)20-9-5-4-8-19(20)23)27-22-11-7-6-10-21(22)26(30)33-2/h4-16,27H,3H2,1-2H3/b28-23+. The Labute approximate surface area is 203 Å². The maximum absolute atomic E-state index is 13.2. The second-order valence-electron chi connectivity index (χ2n) is 7.45. The Morgan fingerprint density at radius 2 is 1.60 bits per heavy atom. The maximum atomic E-state index is 13.2. The Balaban J connectivity index is 1.78. The number of hydrogen-bond donors (Lipinski definition) is 1. The maximum Gasteiger partial charge on any atom is 0.339 e. The largest absolute Gasteiger partial charge is 0.494 e. The molecule has 0 heterocycles. The van der Waals surface area contributed by atoms with Crippen LogP contribution in [0.5, 0.6) is 5.75 Å². The zero-order valence-corrected chi connectivity index (χ0v) is 19.8. The number of carbonyl (C=O) groups is 2. The number of carbonyl (C=O) groups excluding carboxylic acids is 2. The van der Waals surface area contributed by atoms with Gasteiger partial charge in [0, 0.05) is 11.1 Å². The monoisotopic (exact) mass is 490 g/mol. The van der Waals surface area contributed by atoms with Crippen LogP contribution in [0.2, 0.25) is 0 Å². The molecule has 0 amide bonds. The average molecular weight is 491 g/mol. The summed E-state index contributed by atoms with van der Waals surface area (Å²) in [6.45, 7) is 2.29. The number of fused-ring (bicyclic) bond motifs is 1. The highest BCUT2D eigenvalue weighted by atomic mass is 32.2. The Hall–Kier alpha value is -4.24. The third-order valence-electron chi connectivity index (χ3n) is 5.23. The van der Waals surface area contributed by atoms with Crippen molar-refractivity contribution in [2.24, 2.45) is 4.40 Å². The first-order valence-corrected chi connectivity index (χ1v) is 12.2. The highest BCUT2D eigenvalue weighted by Crippen LogP contribution is 2.27. The molecule has 178 valence electrons. The molecule has 0 atom stereocenters. The summed E-state index contributed by atoms with van der Waals surface area (Å²) in [4.78, 5) is 25.3. The van der Waals surface area contributed by atoms with E-state index in [4.69, 9.17) is 9.47 Å². The number of para-hydroxylation sites is 1. The van der Waals surface area contributed by atoms with Crippen molar-refractivity contribution in [3.8, 4) is 5.75 Å². The zero-order valence-electron chi connectivity index (χ0n) is 19.0. The van der Waals surface area contributed by atoms with Crippen molar-refractivity contribution in [1.82, 2.24) is 0 Å². The second kappa shape index (κ2) is 9.94. The van der Waals surface area contributed by atoms with Crippen LogP contribution in [0, 0.1) is 0 Å². The second-order valence-corrected chi connectivity index (χ2v) is 9.06. The van der Waals surface area contributed by atoms with E-state index in [1.807, 2.05) is 6.92 Å². The number of nitrogens with one attached hydrogen (secondary N) is 1. The highest BCUT2D eigenvalue weighted by Gasteiger charge is 2.27. The number of esters is 1. The van der Waals surface area contributed by atoms with Crippen molar-refractivity contribution in [2.45, 2.75) is 11.8 Å². The molecule has 4 rings (SSSR count). The van der Waals surface area contributed by atoms with Gasteiger partial charge in [-0.05, 0) is 49.4 Å². The van der Waals surface area contributed by atoms with E-state index in [1.54, 1.807) is 60.7 Å². The van der Waals surface area contributed by atoms with Crippen LogP contribution in [0.4, 0.5) is 5.69 Å². The average Bonchev–Trinajstić information content (AvgIpc) is 2.87. The van der Waals surface area contributed by atoms with E-state index < -0.39 is 16.0 Å². The third-order valence-corrected chi connectivity index (χ3v) is 6.53. The highest BCUT2D eigenvalue weighted by molar-refractivity contribution is 7.90. The van der Waals surface area contributed by atoms with Crippen molar-refractivity contribution in [3.05, 3.63) is 101 Å². The van der Waals surface area contributed by atoms with E-state index in [-0.39, 0.29) is 33.2 Å². The fraction of sp³-hybridized carbons (Fsp3) is 0.115. The van der Waals surface area contributed by atoms with E-state index in [2.05, 4.69) is 9.71 Å². The predicted molar refractivity (Wildman–Crippen MR) is 132 cm³/mol. The molecule has 0 saturated carbocycles. The Kier molecular flexibility index (Phi) is 6.79. The van der Waals surface area contributed by atoms with Crippen LogP contribution in [0.3, 0.4) is 0 Å². The molecule has 3 aromatic carbocycles. The molecule has 0 aliphatic heterocycles. The molecule has 0 fully saturated rings. The molecule has 0 spiro atoms. The topological polar surface area (TPSA) is 111 Å². The van der Waals surface area contributed by atoms with Gasteiger partial charge in [-0.15, -0.1) is 0 Å². The SMILES string of the molecule is CCOc1ccc(S(=O)(=O)/N=C2\C=C(Nc3ccccc3C(=O)OC)C(=O)c3ccccc32)cc1. The van der Waals surface area contributed by atoms with Gasteiger partial charge in [0.05, 0.1) is 41.3 Å². The van der Waals surface area contributed by atoms with Crippen LogP contribution in [0.1, 0.15) is 33.2 Å². The van der Waals surface area contributed by atoms with Gasteiger partial charge in [0.15, 0.2) is 0 Å². The lowest BCUT2D eigenvalue weighted by atomic mass is 9.92. The summed E-state index contributed by atoms with van der Waals surface area (Å²) < 4.78 is 40.4. The quantitative estimate of drug-likeness (QED) is 0.493. The molecule has 0 aromatic heterocycles. The minimum absolute atomic E-state index is 0.0122. The summed E-state index contributed by atoms with van der Waals surface area (Å²) >= 11 is 0. The van der Waals surface area contributed by atoms with Gasteiger partial charge < -0.3 is 14.8 Å². The number of methoxy groups -OCH3 is 1. The van der Waals surface area contributed by atoms with E-state index >= 15 is 0 Å². The van der Waals surface area contributed by atoms with Gasteiger partial charge in [-0.25, -0.2) is 4.79 Å². The van der Waals surface area contributed by atoms with Gasteiger partial charge in [0.2, 0.25) is 5.78 Å². The molecule has 1 N–H and O–H groups in total. The first-order valence-electron chi connectivity index (χ1n) is 10.7. The Bertz CT molecular complexity index is 1460. The number of anilines is 1. The number of allylic oxidation sites excluding steroid dienone is 2. The summed E-state index contributed by atoms with van der Waals surface area (Å²) in [6.07, 6.45) is 1.37. The summed E-state index contributed by atoms with van der Waals surface area (Å²) in [6, 6.07) is 19.1. The lowest BCUT2D eigenvalue weighted by molar-refractivity contribution is 0.0601. The normalized spacial score (nSPS) is 14.2. The van der Waals surface area contributed by atoms with Crippen LogP contribution in [0.15, 0.2) is 93.9 Å². The van der Waals surface area contributed by atoms with Gasteiger partial charge in [-0.2, -0.15) is 12.8 Å². The van der Waals surface area contributed by atoms with E-state index in [0.717, 1.165) is 0 Å². The van der Waals surface area contributed by atoms with Gasteiger partial charge in [-0.1, -0.05) is 36.4 Å². The molecular formula is C26H22N2O6S. The fourth-order valence-electron chi connectivity index (χ4n) is 3.58. The van der Waals surface area contributed by atoms with Crippen molar-refractivity contribution in [2.75, 3.05) is 19.0 Å². The molecule has 1 aliphatic rings. The molecule has 35 heavy (non-hydrogen) atoms. The first-order chi connectivity index (χ1) is 16.8. The third kappa shape index (κ3) is 4.99. The van der Waals surface area contributed by atoms with E-state index in [9.17, 15) is 18.0 Å². The van der Waals surface area contributed by atoms with Gasteiger partial charge in [0.1, 0.15) is 5.75 Å². The lowest BCUT2D eigenvalue weighted by Gasteiger charge is -2.19. The van der Waals surface area contributed by atoms with E-state index in [1.165, 1.54) is 25.3 Å². The van der Waals surface area contributed by atoms with Crippen molar-refractivity contribution < 1.29 is 27.5 Å². The number of Topliss-reactive ketones (excluding diaryl/α,β-unsaturated/α-hetero) is 1. The fourth-order valence-corrected chi connectivity index (χ4v) is 4.58. The number of nitrogens with zero attached hydrogens (tertiary/aromatic N) is 1. The molecule has 8 nitrogen and oxygen atoms in total. The predicted octanol–water partition coefficient (Wildman–Crippen LogP) is 4.24. The van der Waals surface area contributed by atoms with Crippen LogP contribution < -0.4 is 10.1 Å². The van der Waals surface area contributed by atoms with Gasteiger partial charge in [0.25, 0.3) is 10.0 Å². The van der Waals surface area contributed by atoms with Crippen LogP contribution in [-0.2, 0) is 14.8 Å². The molecule has 0 saturated heterocycles. The number of benzene rings is 3. The lowest BCUT2D eigenvalue weighted by Crippen LogP contribution is -2.23. The molecule has 1 aliphatic carbocycles. The van der Waals surface area contributed by atoms with Crippen molar-refractivity contribution in [1.29, 1.82) is 0 Å². The summed E-state index contributed by atoms with van der Waals surface area (Å²) in [5, 5.41) is 2.95. The minimum Gasteiger partial charge on any atom is -0.494 e. The number of ether oxygens (including phenoxy) is 2. The van der Waals surface area contributed by atoms with Gasteiger partial charge in [-0.3, -0.25) is 4.79 Å². The summed E-state index contributed by atoms with van der Waals surface area (Å²) in [5.74, 6) is -0.398. The summed E-state index contributed by atoms with van der Waals surface area (Å²) in [7, 11) is -2.84. The van der Waals surface area contributed by atoms with Crippen LogP contribution in [-0.4, -0.2) is 39.6 Å². The molecular weight excluding hydrogens is 468 g/mol. The zero-order chi connectivity index (χ0) is 25.0. The summed E-state index contributed by atoms with van der Waals surface area (Å²) in [5.41, 5.74) is 1.40. The number of rotatable bonds is 7. The number of ketones is 1. The van der Waals surface area contributed by atoms with Gasteiger partial charge >= 0.3 is 5.97 Å². The Morgan fingerprint density at radius 3 is 2.29 bits per heavy atom. The molecule has 3 aromatic rings. The smallest absolute Gasteiger partial charge is 0.339 e. The van der Waals surface area contributed by atoms with Crippen LogP contribution >= 0.6 is 0 Å². The number of hydrogen-bond acceptors (Lipinski definition) is 7. The van der Waals surface area contributed by atoms with E-state index in [0.29, 0.717) is 23.6 Å². The molecule has 0 bridgehead atoms. The van der Waals surface area contributed by atoms with Crippen LogP contribution in [0.25, 0.3) is 0 Å². The Morgan fingerprint density at radius 1 is 0.943 bits per heavy atom. The first kappa shape index (κ1) is 23.9. The van der Waals surface area contributed by atoms with Crippen molar-refractivity contribution >= 4 is 33.2 Å². The van der Waals surface area contributed by atoms with Crippen molar-refractivity contribution in [3.63, 3.8) is 0 Å². The molecule has 0 radical (unpaired) electrons. The molecule has 0 unspecified atom stereocenters. The molecule has 9 heteroatoms. The minimum atomic E-state index is -4.10. The number of sulfonamides is 1.